The van der Waals surface area contributed by atoms with Crippen molar-refractivity contribution in [3.05, 3.63) is 59.3 Å². The van der Waals surface area contributed by atoms with Crippen molar-refractivity contribution in [3.8, 4) is 5.69 Å². The summed E-state index contributed by atoms with van der Waals surface area (Å²) in [6.07, 6.45) is 6.91. The Kier molecular flexibility index (Phi) is 8.94. The van der Waals surface area contributed by atoms with E-state index in [4.69, 9.17) is 5.11 Å². The summed E-state index contributed by atoms with van der Waals surface area (Å²) >= 11 is 0. The Labute approximate surface area is 245 Å². The molecule has 1 unspecified atom stereocenters. The van der Waals surface area contributed by atoms with Gasteiger partial charge in [0.15, 0.2) is 0 Å². The predicted octanol–water partition coefficient (Wildman–Crippen LogP) is 4.34. The van der Waals surface area contributed by atoms with Gasteiger partial charge >= 0.3 is 0 Å². The van der Waals surface area contributed by atoms with Crippen LogP contribution in [0.1, 0.15) is 54.6 Å². The number of carbonyl (C=O) groups excluding carboxylic acids is 2. The minimum Gasteiger partial charge on any atom is -0.357 e. The molecule has 42 heavy (non-hydrogen) atoms. The minimum atomic E-state index is -2.43. The lowest BCUT2D eigenvalue weighted by Crippen LogP contribution is -2.44. The summed E-state index contributed by atoms with van der Waals surface area (Å²) in [7, 11) is 1.73. The molecular formula is C32H41F2N5O3. The van der Waals surface area contributed by atoms with Crippen molar-refractivity contribution in [2.45, 2.75) is 58.9 Å². The number of halogens is 2. The molecule has 2 aliphatic rings. The van der Waals surface area contributed by atoms with Gasteiger partial charge < -0.3 is 24.4 Å². The fraction of sp³-hybridized carbons (Fsp3) is 0.531. The van der Waals surface area contributed by atoms with Gasteiger partial charge in [0.25, 0.3) is 18.2 Å². The second-order valence-corrected chi connectivity index (χ2v) is 12.3. The molecule has 0 spiro atoms. The van der Waals surface area contributed by atoms with Crippen LogP contribution in [0.25, 0.3) is 16.6 Å². The van der Waals surface area contributed by atoms with E-state index in [-0.39, 0.29) is 11.9 Å². The molecule has 8 nitrogen and oxygen atoms in total. The summed E-state index contributed by atoms with van der Waals surface area (Å²) in [6, 6.07) is 4.36. The molecule has 0 radical (unpaired) electrons. The zero-order valence-electron chi connectivity index (χ0n) is 24.9. The van der Waals surface area contributed by atoms with Crippen molar-refractivity contribution < 1.29 is 23.5 Å². The fourth-order valence-electron chi connectivity index (χ4n) is 6.52. The highest BCUT2D eigenvalue weighted by atomic mass is 19.1. The van der Waals surface area contributed by atoms with Gasteiger partial charge in [-0.2, -0.15) is 0 Å². The van der Waals surface area contributed by atoms with Gasteiger partial charge in [-0.3, -0.25) is 14.6 Å². The molecule has 5 rings (SSSR count). The Morgan fingerprint density at radius 2 is 1.83 bits per heavy atom. The van der Waals surface area contributed by atoms with Gasteiger partial charge in [-0.05, 0) is 94.2 Å². The summed E-state index contributed by atoms with van der Waals surface area (Å²) in [4.78, 5) is 35.1. The maximum atomic E-state index is 14.4. The number of piperidine rings is 1. The number of nitrogens with zero attached hydrogens (tertiary/aromatic N) is 5. The first-order valence-electron chi connectivity index (χ1n) is 14.9. The molecule has 2 aromatic heterocycles. The number of amides is 2. The molecule has 2 atom stereocenters. The average Bonchev–Trinajstić information content (AvgIpc) is 3.57. The van der Waals surface area contributed by atoms with Crippen LogP contribution in [-0.4, -0.2) is 93.3 Å². The van der Waals surface area contributed by atoms with Crippen LogP contribution in [0, 0.1) is 24.6 Å². The Balaban J connectivity index is 1.33. The first kappa shape index (κ1) is 30.1. The van der Waals surface area contributed by atoms with E-state index in [0.29, 0.717) is 36.2 Å². The van der Waals surface area contributed by atoms with Crippen LogP contribution in [0.4, 0.5) is 8.78 Å². The van der Waals surface area contributed by atoms with Crippen molar-refractivity contribution in [2.24, 2.45) is 11.8 Å². The van der Waals surface area contributed by atoms with Crippen molar-refractivity contribution in [1.82, 2.24) is 24.3 Å². The molecule has 226 valence electrons. The van der Waals surface area contributed by atoms with Crippen LogP contribution in [0.5, 0.6) is 0 Å². The van der Waals surface area contributed by atoms with E-state index in [1.54, 1.807) is 18.0 Å². The number of hydrogen-bond donors (Lipinski definition) is 1. The van der Waals surface area contributed by atoms with Crippen molar-refractivity contribution in [3.63, 3.8) is 0 Å². The summed E-state index contributed by atoms with van der Waals surface area (Å²) in [5.74, 6) is -0.609. The van der Waals surface area contributed by atoms with Gasteiger partial charge in [0.1, 0.15) is 5.82 Å². The molecule has 1 N–H and O–H groups in total. The number of benzene rings is 1. The third kappa shape index (κ3) is 6.20. The molecule has 3 aromatic rings. The van der Waals surface area contributed by atoms with Crippen molar-refractivity contribution >= 4 is 22.7 Å². The first-order valence-corrected chi connectivity index (χ1v) is 14.9. The number of aryl methyl sites for hydroxylation is 1. The molecule has 1 aromatic carbocycles. The van der Waals surface area contributed by atoms with E-state index >= 15 is 0 Å². The summed E-state index contributed by atoms with van der Waals surface area (Å²) in [5.41, 5.74) is 4.10. The van der Waals surface area contributed by atoms with Crippen LogP contribution >= 0.6 is 0 Å². The van der Waals surface area contributed by atoms with Gasteiger partial charge in [-0.1, -0.05) is 0 Å². The van der Waals surface area contributed by atoms with E-state index in [1.807, 2.05) is 37.7 Å². The second kappa shape index (κ2) is 12.5. The highest BCUT2D eigenvalue weighted by Gasteiger charge is 2.31. The zero-order valence-corrected chi connectivity index (χ0v) is 24.9. The first-order chi connectivity index (χ1) is 20.0. The number of aliphatic hydroxyl groups is 1. The van der Waals surface area contributed by atoms with Gasteiger partial charge in [0, 0.05) is 57.0 Å². The van der Waals surface area contributed by atoms with E-state index in [1.165, 1.54) is 22.6 Å². The zero-order chi connectivity index (χ0) is 30.1. The number of hydrogen-bond acceptors (Lipinski definition) is 5. The van der Waals surface area contributed by atoms with Crippen molar-refractivity contribution in [1.29, 1.82) is 0 Å². The number of aromatic nitrogens is 2. The SMILES string of the molecule is Cc1cncc2c1c(CC1CCN(CC3CCN(C(=O)[C@H](O)F)CC3)C1)cn2-c1ccc(F)cc1C(=O)N(C)C(C)C. The molecule has 0 saturated carbocycles. The highest BCUT2D eigenvalue weighted by molar-refractivity contribution is 5.99. The smallest absolute Gasteiger partial charge is 0.284 e. The summed E-state index contributed by atoms with van der Waals surface area (Å²) in [6.45, 7) is 9.80. The molecular weight excluding hydrogens is 540 g/mol. The number of fused-ring (bicyclic) bond motifs is 1. The van der Waals surface area contributed by atoms with E-state index in [0.717, 1.165) is 61.8 Å². The quantitative estimate of drug-likeness (QED) is 0.428. The molecule has 4 heterocycles. The van der Waals surface area contributed by atoms with Gasteiger partial charge in [-0.15, -0.1) is 0 Å². The molecule has 2 amide bonds. The van der Waals surface area contributed by atoms with Crippen LogP contribution < -0.4 is 0 Å². The standard InChI is InChI=1S/C32H41F2N5O3/c1-20(2)36(4)31(41)26-14-25(33)5-6-27(26)39-19-24(29-21(3)15-35-16-28(29)39)13-23-7-10-37(18-23)17-22-8-11-38(12-9-22)32(42)30(34)40/h5-6,14-16,19-20,22-23,30,40H,7-13,17-18H2,1-4H3/t23?,30-/m0/s1. The lowest BCUT2D eigenvalue weighted by molar-refractivity contribution is -0.150. The molecule has 0 bridgehead atoms. The number of likely N-dealkylation sites (tertiary alicyclic amines) is 2. The van der Waals surface area contributed by atoms with E-state index < -0.39 is 18.1 Å². The average molecular weight is 582 g/mol. The second-order valence-electron chi connectivity index (χ2n) is 12.3. The predicted molar refractivity (Wildman–Crippen MR) is 158 cm³/mol. The number of aliphatic hydroxyl groups excluding tert-OH is 1. The van der Waals surface area contributed by atoms with Gasteiger partial charge in [0.2, 0.25) is 0 Å². The number of rotatable bonds is 8. The normalized spacial score (nSPS) is 19.1. The van der Waals surface area contributed by atoms with E-state index in [2.05, 4.69) is 16.1 Å². The Morgan fingerprint density at radius 3 is 2.52 bits per heavy atom. The van der Waals surface area contributed by atoms with Gasteiger partial charge in [0.05, 0.1) is 23.0 Å². The maximum absolute atomic E-state index is 14.4. The van der Waals surface area contributed by atoms with Crippen LogP contribution in [0.15, 0.2) is 36.8 Å². The topological polar surface area (TPSA) is 81.9 Å². The molecule has 2 fully saturated rings. The minimum absolute atomic E-state index is 0.0297. The summed E-state index contributed by atoms with van der Waals surface area (Å²) < 4.78 is 29.4. The van der Waals surface area contributed by atoms with Crippen LogP contribution in [-0.2, 0) is 11.2 Å². The third-order valence-corrected chi connectivity index (χ3v) is 9.05. The third-order valence-electron chi connectivity index (χ3n) is 9.05. The van der Waals surface area contributed by atoms with Gasteiger partial charge in [-0.25, -0.2) is 8.78 Å². The Morgan fingerprint density at radius 1 is 1.12 bits per heavy atom. The number of alkyl halides is 1. The highest BCUT2D eigenvalue weighted by Crippen LogP contribution is 2.33. The Hall–Kier alpha value is -3.37. The monoisotopic (exact) mass is 581 g/mol. The molecule has 2 saturated heterocycles. The maximum Gasteiger partial charge on any atom is 0.284 e. The number of pyridine rings is 1. The molecule has 2 aliphatic heterocycles. The lowest BCUT2D eigenvalue weighted by atomic mass is 9.95. The molecule has 10 heteroatoms. The number of carbonyl (C=O) groups is 2. The Bertz CT molecular complexity index is 1450. The van der Waals surface area contributed by atoms with E-state index in [9.17, 15) is 18.4 Å². The van der Waals surface area contributed by atoms with Crippen molar-refractivity contribution in [2.75, 3.05) is 39.8 Å². The lowest BCUT2D eigenvalue weighted by Gasteiger charge is -2.34. The molecule has 0 aliphatic carbocycles. The largest absolute Gasteiger partial charge is 0.357 e. The van der Waals surface area contributed by atoms with Crippen LogP contribution in [0.3, 0.4) is 0 Å². The fourth-order valence-corrected chi connectivity index (χ4v) is 6.52. The summed E-state index contributed by atoms with van der Waals surface area (Å²) in [5, 5.41) is 10.1. The van der Waals surface area contributed by atoms with Crippen LogP contribution in [0.2, 0.25) is 0 Å².